The monoisotopic (exact) mass is 725 g/mol. The molecule has 18 heteroatoms. The summed E-state index contributed by atoms with van der Waals surface area (Å²) in [5.74, 6) is -0.805. The number of carbonyl (C=O) groups excluding carboxylic acids is 3. The van der Waals surface area contributed by atoms with E-state index in [1.165, 1.54) is 51.2 Å². The Hall–Kier alpha value is -5.57. The van der Waals surface area contributed by atoms with E-state index in [0.29, 0.717) is 30.9 Å². The molecule has 2 aliphatic rings. The van der Waals surface area contributed by atoms with Gasteiger partial charge >= 0.3 is 18.1 Å². The Morgan fingerprint density at radius 2 is 1.73 bits per heavy atom. The largest absolute Gasteiger partial charge is 0.465 e. The van der Waals surface area contributed by atoms with Crippen LogP contribution in [0.3, 0.4) is 0 Å². The lowest BCUT2D eigenvalue weighted by Gasteiger charge is -2.45. The molecule has 1 unspecified atom stereocenters. The van der Waals surface area contributed by atoms with Gasteiger partial charge in [0.05, 0.1) is 41.4 Å². The molecule has 2 aromatic heterocycles. The van der Waals surface area contributed by atoms with Gasteiger partial charge < -0.3 is 24.2 Å². The molecule has 0 saturated carbocycles. The number of benzene rings is 1. The maximum absolute atomic E-state index is 14.2. The molecule has 1 aromatic carbocycles. The number of aryl methyl sites for hydroxylation is 1. The predicted molar refractivity (Wildman–Crippen MR) is 182 cm³/mol. The molecule has 0 aliphatic carbocycles. The van der Waals surface area contributed by atoms with Gasteiger partial charge in [-0.1, -0.05) is 18.7 Å². The second-order valence-corrected chi connectivity index (χ2v) is 12.4. The quantitative estimate of drug-likeness (QED) is 0.197. The molecule has 1 atom stereocenters. The minimum absolute atomic E-state index is 0.00884. The molecule has 2 fully saturated rings. The van der Waals surface area contributed by atoms with E-state index >= 15 is 0 Å². The lowest BCUT2D eigenvalue weighted by atomic mass is 10.1. The molecule has 4 heterocycles. The van der Waals surface area contributed by atoms with Gasteiger partial charge in [0.15, 0.2) is 0 Å². The maximum atomic E-state index is 14.2. The number of ether oxygens (including phenoxy) is 2. The SMILES string of the molecule is C=CC(=O)N1CCN(c2nc(N3CC(N(CCOC(C)=O)CCOC(C)=O)C3)nc3c(=O)n(-c4cccc(C)c4C(F)(F)F)ncc23)CC1CC#N. The number of esters is 2. The number of amides is 1. The number of carbonyl (C=O) groups is 3. The predicted octanol–water partition coefficient (Wildman–Crippen LogP) is 2.24. The molecule has 3 aromatic rings. The number of fused-ring (bicyclic) bond motifs is 1. The Morgan fingerprint density at radius 3 is 2.33 bits per heavy atom. The van der Waals surface area contributed by atoms with Crippen molar-refractivity contribution in [1.82, 2.24) is 29.5 Å². The first-order valence-corrected chi connectivity index (χ1v) is 16.5. The van der Waals surface area contributed by atoms with Crippen molar-refractivity contribution in [2.24, 2.45) is 0 Å². The van der Waals surface area contributed by atoms with E-state index in [1.807, 2.05) is 9.80 Å². The third-order valence-electron chi connectivity index (χ3n) is 8.97. The van der Waals surface area contributed by atoms with Crippen LogP contribution in [-0.4, -0.2) is 119 Å². The summed E-state index contributed by atoms with van der Waals surface area (Å²) < 4.78 is 53.6. The molecule has 2 aliphatic heterocycles. The van der Waals surface area contributed by atoms with Crippen LogP contribution in [-0.2, 0) is 30.0 Å². The van der Waals surface area contributed by atoms with Crippen LogP contribution < -0.4 is 15.4 Å². The van der Waals surface area contributed by atoms with Crippen molar-refractivity contribution < 1.29 is 37.0 Å². The van der Waals surface area contributed by atoms with Gasteiger partial charge in [-0.15, -0.1) is 0 Å². The molecule has 0 N–H and O–H groups in total. The zero-order valence-electron chi connectivity index (χ0n) is 28.9. The van der Waals surface area contributed by atoms with Crippen molar-refractivity contribution in [2.75, 3.05) is 68.8 Å². The normalized spacial score (nSPS) is 16.4. The fourth-order valence-electron chi connectivity index (χ4n) is 6.42. The molecular formula is C34H38F3N9O6. The summed E-state index contributed by atoms with van der Waals surface area (Å²) in [5, 5.41) is 13.9. The summed E-state index contributed by atoms with van der Waals surface area (Å²) in [7, 11) is 0. The summed E-state index contributed by atoms with van der Waals surface area (Å²) >= 11 is 0. The Morgan fingerprint density at radius 1 is 1.06 bits per heavy atom. The molecule has 52 heavy (non-hydrogen) atoms. The van der Waals surface area contributed by atoms with Crippen LogP contribution in [0.25, 0.3) is 16.6 Å². The number of rotatable bonds is 12. The summed E-state index contributed by atoms with van der Waals surface area (Å²) in [5.41, 5.74) is -2.61. The minimum Gasteiger partial charge on any atom is -0.465 e. The van der Waals surface area contributed by atoms with E-state index in [0.717, 1.165) is 0 Å². The standard InChI is InChI=1S/C34H38F3N9O6/c1-5-28(49)45-12-11-43(18-24(45)9-10-38)31-26-17-39-46(27-8-6-7-21(2)29(27)34(35,36)37)32(50)30(26)40-33(41-31)44-19-25(20-44)42(13-15-51-22(3)47)14-16-52-23(4)48/h5-8,17,24-25H,1,9,11-16,18-20H2,2-4H3. The number of hydrogen-bond donors (Lipinski definition) is 0. The molecule has 0 radical (unpaired) electrons. The lowest BCUT2D eigenvalue weighted by Crippen LogP contribution is -2.61. The van der Waals surface area contributed by atoms with Crippen molar-refractivity contribution >= 4 is 40.5 Å². The van der Waals surface area contributed by atoms with Gasteiger partial charge in [-0.25, -0.2) is 4.98 Å². The second-order valence-electron chi connectivity index (χ2n) is 12.4. The van der Waals surface area contributed by atoms with Crippen molar-refractivity contribution in [3.8, 4) is 11.8 Å². The zero-order chi connectivity index (χ0) is 37.7. The smallest absolute Gasteiger partial charge is 0.418 e. The average Bonchev–Trinajstić information content (AvgIpc) is 3.06. The van der Waals surface area contributed by atoms with Crippen molar-refractivity contribution in [1.29, 1.82) is 5.26 Å². The highest BCUT2D eigenvalue weighted by atomic mass is 19.4. The topological polar surface area (TPSA) is 167 Å². The summed E-state index contributed by atoms with van der Waals surface area (Å²) in [6.45, 7) is 9.74. The third kappa shape index (κ3) is 8.15. The van der Waals surface area contributed by atoms with Crippen molar-refractivity contribution in [2.45, 2.75) is 45.5 Å². The van der Waals surface area contributed by atoms with Gasteiger partial charge in [0.1, 0.15) is 24.5 Å². The number of nitrogens with zero attached hydrogens (tertiary/aromatic N) is 9. The van der Waals surface area contributed by atoms with Crippen LogP contribution >= 0.6 is 0 Å². The van der Waals surface area contributed by atoms with Crippen LogP contribution in [0.1, 0.15) is 31.4 Å². The molecule has 0 bridgehead atoms. The minimum atomic E-state index is -4.78. The number of anilines is 2. The van der Waals surface area contributed by atoms with Crippen LogP contribution in [0.2, 0.25) is 0 Å². The molecule has 15 nitrogen and oxygen atoms in total. The second kappa shape index (κ2) is 15.8. The average molecular weight is 726 g/mol. The number of piperazine rings is 1. The highest BCUT2D eigenvalue weighted by Crippen LogP contribution is 2.36. The maximum Gasteiger partial charge on any atom is 0.418 e. The summed E-state index contributed by atoms with van der Waals surface area (Å²) in [6.07, 6.45) is -2.34. The summed E-state index contributed by atoms with van der Waals surface area (Å²) in [4.78, 5) is 66.0. The van der Waals surface area contributed by atoms with Crippen LogP contribution in [0.4, 0.5) is 24.9 Å². The number of alkyl halides is 3. The molecule has 0 spiro atoms. The first kappa shape index (κ1) is 37.7. The highest BCUT2D eigenvalue weighted by molar-refractivity contribution is 5.90. The van der Waals surface area contributed by atoms with E-state index in [1.54, 1.807) is 9.80 Å². The van der Waals surface area contributed by atoms with E-state index in [-0.39, 0.29) is 79.5 Å². The van der Waals surface area contributed by atoms with Crippen LogP contribution in [0, 0.1) is 18.3 Å². The van der Waals surface area contributed by atoms with Crippen LogP contribution in [0.5, 0.6) is 0 Å². The Labute approximate surface area is 296 Å². The van der Waals surface area contributed by atoms with Gasteiger partial charge in [-0.2, -0.15) is 33.2 Å². The van der Waals surface area contributed by atoms with E-state index < -0.39 is 41.0 Å². The zero-order valence-corrected chi connectivity index (χ0v) is 28.9. The fourth-order valence-corrected chi connectivity index (χ4v) is 6.42. The number of halogens is 3. The van der Waals surface area contributed by atoms with Gasteiger partial charge in [0, 0.05) is 65.7 Å². The van der Waals surface area contributed by atoms with E-state index in [4.69, 9.17) is 14.5 Å². The van der Waals surface area contributed by atoms with Gasteiger partial charge in [-0.05, 0) is 24.6 Å². The fraction of sp³-hybridized carbons (Fsp3) is 0.471. The molecular weight excluding hydrogens is 687 g/mol. The Bertz CT molecular complexity index is 1940. The van der Waals surface area contributed by atoms with Crippen molar-refractivity contribution in [3.63, 3.8) is 0 Å². The molecule has 1 amide bonds. The first-order valence-electron chi connectivity index (χ1n) is 16.5. The van der Waals surface area contributed by atoms with Gasteiger partial charge in [0.2, 0.25) is 11.9 Å². The summed E-state index contributed by atoms with van der Waals surface area (Å²) in [6, 6.07) is 5.33. The molecule has 2 saturated heterocycles. The molecule has 5 rings (SSSR count). The highest BCUT2D eigenvalue weighted by Gasteiger charge is 2.38. The number of aromatic nitrogens is 4. The lowest BCUT2D eigenvalue weighted by molar-refractivity contribution is -0.142. The number of nitriles is 1. The number of hydrogen-bond acceptors (Lipinski definition) is 13. The Kier molecular flexibility index (Phi) is 11.4. The van der Waals surface area contributed by atoms with E-state index in [9.17, 15) is 37.6 Å². The molecule has 276 valence electrons. The van der Waals surface area contributed by atoms with E-state index in [2.05, 4.69) is 22.7 Å². The Balaban J connectivity index is 1.56. The van der Waals surface area contributed by atoms with Crippen LogP contribution in [0.15, 0.2) is 41.8 Å². The van der Waals surface area contributed by atoms with Gasteiger partial charge in [0.25, 0.3) is 5.56 Å². The van der Waals surface area contributed by atoms with Gasteiger partial charge in [-0.3, -0.25) is 24.1 Å². The first-order chi connectivity index (χ1) is 24.7. The third-order valence-corrected chi connectivity index (χ3v) is 8.97. The van der Waals surface area contributed by atoms with Crippen molar-refractivity contribution in [3.05, 3.63) is 58.5 Å².